The normalized spacial score (nSPS) is 11.7. The fourth-order valence-corrected chi connectivity index (χ4v) is 0.859. The Labute approximate surface area is 69.3 Å². The van der Waals surface area contributed by atoms with Crippen molar-refractivity contribution < 1.29 is 9.60 Å². The highest BCUT2D eigenvalue weighted by Gasteiger charge is 2.00. The topological polar surface area (TPSA) is 58.6 Å². The van der Waals surface area contributed by atoms with Crippen LogP contribution in [0.15, 0.2) is 29.4 Å². The Morgan fingerprint density at radius 1 is 1.42 bits per heavy atom. The number of hydrogen-bond donors (Lipinski definition) is 2. The Balaban J connectivity index is 2.96. The van der Waals surface area contributed by atoms with Gasteiger partial charge in [-0.15, -0.1) is 0 Å². The molecular formula is C8H9FN2O. The maximum Gasteiger partial charge on any atom is 0.123 e. The number of nitrogens with two attached hydrogens (primary N) is 1. The van der Waals surface area contributed by atoms with Gasteiger partial charge in [-0.25, -0.2) is 4.39 Å². The minimum Gasteiger partial charge on any atom is -0.411 e. The van der Waals surface area contributed by atoms with Gasteiger partial charge in [0.1, 0.15) is 11.5 Å². The fraction of sp³-hybridized carbons (Fsp3) is 0.125. The molecule has 0 spiro atoms. The zero-order valence-corrected chi connectivity index (χ0v) is 6.37. The summed E-state index contributed by atoms with van der Waals surface area (Å²) in [6, 6.07) is 5.60. The molecule has 0 heterocycles. The van der Waals surface area contributed by atoms with Gasteiger partial charge < -0.3 is 10.9 Å². The number of nitrogens with zero attached hydrogens (tertiary/aromatic N) is 1. The van der Waals surface area contributed by atoms with E-state index in [1.807, 2.05) is 0 Å². The van der Waals surface area contributed by atoms with Crippen molar-refractivity contribution in [2.75, 3.05) is 6.54 Å². The summed E-state index contributed by atoms with van der Waals surface area (Å²) in [6.07, 6.45) is 0. The van der Waals surface area contributed by atoms with E-state index in [0.29, 0.717) is 11.3 Å². The van der Waals surface area contributed by atoms with Crippen LogP contribution in [0.2, 0.25) is 0 Å². The number of halogens is 1. The average molecular weight is 168 g/mol. The third-order valence-corrected chi connectivity index (χ3v) is 1.49. The molecule has 0 fully saturated rings. The van der Waals surface area contributed by atoms with Gasteiger partial charge in [0, 0.05) is 12.1 Å². The highest BCUT2D eigenvalue weighted by atomic mass is 19.1. The molecular weight excluding hydrogens is 159 g/mol. The molecule has 0 bridgehead atoms. The Bertz CT molecular complexity index is 282. The third kappa shape index (κ3) is 1.79. The van der Waals surface area contributed by atoms with Crippen molar-refractivity contribution in [3.63, 3.8) is 0 Å². The molecule has 3 nitrogen and oxygen atoms in total. The first-order valence-corrected chi connectivity index (χ1v) is 3.45. The summed E-state index contributed by atoms with van der Waals surface area (Å²) in [5.74, 6) is -0.326. The van der Waals surface area contributed by atoms with E-state index in [0.717, 1.165) is 0 Å². The fourth-order valence-electron chi connectivity index (χ4n) is 0.859. The number of oxime groups is 1. The largest absolute Gasteiger partial charge is 0.411 e. The first kappa shape index (κ1) is 8.67. The zero-order chi connectivity index (χ0) is 8.97. The number of hydrogen-bond acceptors (Lipinski definition) is 3. The molecule has 0 saturated heterocycles. The van der Waals surface area contributed by atoms with Crippen molar-refractivity contribution in [3.8, 4) is 0 Å². The van der Waals surface area contributed by atoms with Crippen LogP contribution in [0.1, 0.15) is 5.56 Å². The van der Waals surface area contributed by atoms with Crippen LogP contribution in [0, 0.1) is 5.82 Å². The van der Waals surface area contributed by atoms with Crippen molar-refractivity contribution >= 4 is 5.71 Å². The number of rotatable bonds is 2. The van der Waals surface area contributed by atoms with E-state index in [1.165, 1.54) is 24.3 Å². The Morgan fingerprint density at radius 3 is 2.42 bits per heavy atom. The molecule has 0 aliphatic carbocycles. The molecule has 0 saturated carbocycles. The minimum atomic E-state index is -0.326. The molecule has 3 N–H and O–H groups in total. The number of benzene rings is 1. The van der Waals surface area contributed by atoms with Gasteiger partial charge in [0.25, 0.3) is 0 Å². The summed E-state index contributed by atoms with van der Waals surface area (Å²) in [5, 5.41) is 11.4. The van der Waals surface area contributed by atoms with Crippen molar-refractivity contribution in [1.29, 1.82) is 0 Å². The first-order chi connectivity index (χ1) is 5.77. The highest BCUT2D eigenvalue weighted by Crippen LogP contribution is 2.03. The summed E-state index contributed by atoms with van der Waals surface area (Å²) in [7, 11) is 0. The molecule has 0 unspecified atom stereocenters. The Kier molecular flexibility index (Phi) is 2.76. The molecule has 64 valence electrons. The molecule has 0 aliphatic heterocycles. The van der Waals surface area contributed by atoms with Crippen LogP contribution in [0.4, 0.5) is 4.39 Å². The Morgan fingerprint density at radius 2 is 2.00 bits per heavy atom. The van der Waals surface area contributed by atoms with Crippen molar-refractivity contribution in [2.45, 2.75) is 0 Å². The van der Waals surface area contributed by atoms with Crippen LogP contribution in [0.5, 0.6) is 0 Å². The van der Waals surface area contributed by atoms with Gasteiger partial charge in [-0.1, -0.05) is 17.3 Å². The molecule has 0 atom stereocenters. The molecule has 0 aromatic heterocycles. The zero-order valence-electron chi connectivity index (χ0n) is 6.37. The lowest BCUT2D eigenvalue weighted by Crippen LogP contribution is -2.14. The van der Waals surface area contributed by atoms with E-state index in [4.69, 9.17) is 10.9 Å². The Hall–Kier alpha value is -1.42. The molecule has 0 amide bonds. The third-order valence-electron chi connectivity index (χ3n) is 1.49. The molecule has 1 aromatic carbocycles. The average Bonchev–Trinajstić information content (AvgIpc) is 2.10. The molecule has 0 radical (unpaired) electrons. The monoisotopic (exact) mass is 168 g/mol. The lowest BCUT2D eigenvalue weighted by Gasteiger charge is -1.99. The van der Waals surface area contributed by atoms with Gasteiger partial charge in [0.05, 0.1) is 0 Å². The van der Waals surface area contributed by atoms with Gasteiger partial charge in [-0.05, 0) is 12.1 Å². The predicted molar refractivity (Wildman–Crippen MR) is 43.8 cm³/mol. The molecule has 0 aliphatic rings. The second-order valence-corrected chi connectivity index (χ2v) is 2.26. The van der Waals surface area contributed by atoms with E-state index in [1.54, 1.807) is 0 Å². The maximum absolute atomic E-state index is 12.4. The molecule has 1 aromatic rings. The second kappa shape index (κ2) is 3.82. The van der Waals surface area contributed by atoms with E-state index in [9.17, 15) is 4.39 Å². The van der Waals surface area contributed by atoms with Gasteiger partial charge in [0.15, 0.2) is 0 Å². The molecule has 4 heteroatoms. The highest BCUT2D eigenvalue weighted by molar-refractivity contribution is 6.01. The van der Waals surface area contributed by atoms with Gasteiger partial charge in [-0.2, -0.15) is 0 Å². The van der Waals surface area contributed by atoms with Gasteiger partial charge >= 0.3 is 0 Å². The van der Waals surface area contributed by atoms with Crippen molar-refractivity contribution in [2.24, 2.45) is 10.9 Å². The van der Waals surface area contributed by atoms with Gasteiger partial charge in [0.2, 0.25) is 0 Å². The SMILES string of the molecule is NCC(=NO)c1ccc(F)cc1. The van der Waals surface area contributed by atoms with Crippen LogP contribution in [0.3, 0.4) is 0 Å². The van der Waals surface area contributed by atoms with Crippen LogP contribution in [-0.4, -0.2) is 17.5 Å². The van der Waals surface area contributed by atoms with E-state index < -0.39 is 0 Å². The standard InChI is InChI=1S/C8H9FN2O/c9-7-3-1-6(2-4-7)8(5-10)11-12/h1-4,12H,5,10H2. The quantitative estimate of drug-likeness (QED) is 0.392. The summed E-state index contributed by atoms with van der Waals surface area (Å²) < 4.78 is 12.4. The smallest absolute Gasteiger partial charge is 0.123 e. The van der Waals surface area contributed by atoms with Crippen molar-refractivity contribution in [3.05, 3.63) is 35.6 Å². The van der Waals surface area contributed by atoms with E-state index in [2.05, 4.69) is 5.16 Å². The summed E-state index contributed by atoms with van der Waals surface area (Å²) in [4.78, 5) is 0. The summed E-state index contributed by atoms with van der Waals surface area (Å²) >= 11 is 0. The second-order valence-electron chi connectivity index (χ2n) is 2.26. The summed E-state index contributed by atoms with van der Waals surface area (Å²) in [5.41, 5.74) is 6.24. The molecule has 1 rings (SSSR count). The van der Waals surface area contributed by atoms with Crippen molar-refractivity contribution in [1.82, 2.24) is 0 Å². The molecule has 12 heavy (non-hydrogen) atoms. The van der Waals surface area contributed by atoms with E-state index in [-0.39, 0.29) is 12.4 Å². The lowest BCUT2D eigenvalue weighted by molar-refractivity contribution is 0.318. The van der Waals surface area contributed by atoms with E-state index >= 15 is 0 Å². The van der Waals surface area contributed by atoms with Crippen LogP contribution >= 0.6 is 0 Å². The lowest BCUT2D eigenvalue weighted by atomic mass is 10.1. The van der Waals surface area contributed by atoms with Crippen LogP contribution < -0.4 is 5.73 Å². The van der Waals surface area contributed by atoms with Crippen LogP contribution in [0.25, 0.3) is 0 Å². The maximum atomic E-state index is 12.4. The minimum absolute atomic E-state index is 0.127. The first-order valence-electron chi connectivity index (χ1n) is 3.45. The van der Waals surface area contributed by atoms with Crippen LogP contribution in [-0.2, 0) is 0 Å². The predicted octanol–water partition coefficient (Wildman–Crippen LogP) is 0.963. The van der Waals surface area contributed by atoms with Gasteiger partial charge in [-0.3, -0.25) is 0 Å². The summed E-state index contributed by atoms with van der Waals surface area (Å²) in [6.45, 7) is 0.127.